The highest BCUT2D eigenvalue weighted by atomic mass is 32.2. The molecule has 0 aliphatic rings. The van der Waals surface area contributed by atoms with Gasteiger partial charge in [-0.1, -0.05) is 12.1 Å². The zero-order valence-electron chi connectivity index (χ0n) is 12.3. The first-order chi connectivity index (χ1) is 9.60. The molecule has 0 aromatic heterocycles. The number of ether oxygens (including phenoxy) is 1. The summed E-state index contributed by atoms with van der Waals surface area (Å²) in [5, 5.41) is 12.1. The number of hydrogen-bond donors (Lipinski definition) is 2. The molecule has 1 aromatic carbocycles. The van der Waals surface area contributed by atoms with Gasteiger partial charge in [0.1, 0.15) is 5.75 Å². The first-order valence-corrected chi connectivity index (χ1v) is 8.04. The molecule has 0 bridgehead atoms. The molecule has 1 amide bonds. The molecule has 1 rings (SSSR count). The Morgan fingerprint density at radius 2 is 2.05 bits per heavy atom. The fourth-order valence-corrected chi connectivity index (χ4v) is 2.52. The van der Waals surface area contributed by atoms with Gasteiger partial charge in [-0.05, 0) is 37.8 Å². The Hall–Kier alpha value is -1.20. The minimum atomic E-state index is -0.0507. The fourth-order valence-electron chi connectivity index (χ4n) is 1.89. The highest BCUT2D eigenvalue weighted by Crippen LogP contribution is 2.13. The molecule has 5 heteroatoms. The van der Waals surface area contributed by atoms with Crippen LogP contribution in [0.5, 0.6) is 5.75 Å². The van der Waals surface area contributed by atoms with Crippen molar-refractivity contribution >= 4 is 17.7 Å². The number of aliphatic hydroxyl groups excluding tert-OH is 1. The smallest absolute Gasteiger partial charge is 0.224 e. The number of aliphatic hydroxyl groups is 1. The lowest BCUT2D eigenvalue weighted by Gasteiger charge is -2.21. The lowest BCUT2D eigenvalue weighted by molar-refractivity contribution is -0.121. The van der Waals surface area contributed by atoms with Crippen molar-refractivity contribution in [3.63, 3.8) is 0 Å². The molecule has 2 N–H and O–H groups in total. The zero-order chi connectivity index (χ0) is 15.0. The van der Waals surface area contributed by atoms with Crippen molar-refractivity contribution in [3.8, 4) is 5.75 Å². The number of nitrogens with one attached hydrogen (secondary N) is 1. The van der Waals surface area contributed by atoms with Gasteiger partial charge in [0.2, 0.25) is 5.91 Å². The van der Waals surface area contributed by atoms with Gasteiger partial charge < -0.3 is 15.2 Å². The molecule has 4 nitrogen and oxygen atoms in total. The van der Waals surface area contributed by atoms with Crippen molar-refractivity contribution < 1.29 is 14.6 Å². The third-order valence-electron chi connectivity index (χ3n) is 3.03. The van der Waals surface area contributed by atoms with Crippen LogP contribution in [0.25, 0.3) is 0 Å². The standard InChI is InChI=1S/C15H23NO3S/c1-4-19-13-7-5-12(6-8-13)9-15(18)16-11(2)14(10-17)20-3/h5-8,11,14,17H,4,9-10H2,1-3H3,(H,16,18). The lowest BCUT2D eigenvalue weighted by atomic mass is 10.1. The van der Waals surface area contributed by atoms with Gasteiger partial charge in [0.15, 0.2) is 0 Å². The second kappa shape index (κ2) is 8.87. The summed E-state index contributed by atoms with van der Waals surface area (Å²) >= 11 is 1.55. The van der Waals surface area contributed by atoms with Crippen LogP contribution in [-0.2, 0) is 11.2 Å². The normalized spacial score (nSPS) is 13.6. The Labute approximate surface area is 124 Å². The third-order valence-corrected chi connectivity index (χ3v) is 4.19. The molecule has 112 valence electrons. The first-order valence-electron chi connectivity index (χ1n) is 6.75. The SMILES string of the molecule is CCOc1ccc(CC(=O)NC(C)C(CO)SC)cc1. The van der Waals surface area contributed by atoms with E-state index in [4.69, 9.17) is 4.74 Å². The first kappa shape index (κ1) is 16.9. The number of rotatable bonds is 8. The van der Waals surface area contributed by atoms with Gasteiger partial charge in [0.25, 0.3) is 0 Å². The number of benzene rings is 1. The Balaban J connectivity index is 2.49. The second-order valence-corrected chi connectivity index (χ2v) is 5.64. The molecule has 0 saturated carbocycles. The molecule has 1 aromatic rings. The van der Waals surface area contributed by atoms with E-state index in [2.05, 4.69) is 5.32 Å². The van der Waals surface area contributed by atoms with Crippen molar-refractivity contribution in [2.24, 2.45) is 0 Å². The van der Waals surface area contributed by atoms with Gasteiger partial charge in [-0.25, -0.2) is 0 Å². The van der Waals surface area contributed by atoms with Crippen LogP contribution in [0.4, 0.5) is 0 Å². The van der Waals surface area contributed by atoms with Crippen molar-refractivity contribution in [1.29, 1.82) is 0 Å². The maximum atomic E-state index is 11.9. The maximum absolute atomic E-state index is 11.9. The topological polar surface area (TPSA) is 58.6 Å². The summed E-state index contributed by atoms with van der Waals surface area (Å²) in [6.45, 7) is 4.54. The number of carbonyl (C=O) groups excluding carboxylic acids is 1. The van der Waals surface area contributed by atoms with Crippen LogP contribution in [0.1, 0.15) is 19.4 Å². The van der Waals surface area contributed by atoms with Gasteiger partial charge in [0, 0.05) is 11.3 Å². The third kappa shape index (κ3) is 5.43. The van der Waals surface area contributed by atoms with Gasteiger partial charge in [0.05, 0.1) is 19.6 Å². The Morgan fingerprint density at radius 1 is 1.40 bits per heavy atom. The summed E-state index contributed by atoms with van der Waals surface area (Å²) < 4.78 is 5.36. The molecule has 0 heterocycles. The maximum Gasteiger partial charge on any atom is 0.224 e. The van der Waals surface area contributed by atoms with Crippen LogP contribution in [0, 0.1) is 0 Å². The second-order valence-electron chi connectivity index (χ2n) is 4.57. The van der Waals surface area contributed by atoms with Crippen LogP contribution in [-0.4, -0.2) is 41.8 Å². The van der Waals surface area contributed by atoms with Crippen LogP contribution >= 0.6 is 11.8 Å². The predicted molar refractivity (Wildman–Crippen MR) is 83.3 cm³/mol. The van der Waals surface area contributed by atoms with Crippen molar-refractivity contribution in [2.45, 2.75) is 31.6 Å². The van der Waals surface area contributed by atoms with Crippen LogP contribution in [0.3, 0.4) is 0 Å². The molecule has 2 atom stereocenters. The van der Waals surface area contributed by atoms with E-state index in [9.17, 15) is 9.90 Å². The van der Waals surface area contributed by atoms with E-state index in [0.29, 0.717) is 13.0 Å². The van der Waals surface area contributed by atoms with Crippen LogP contribution in [0.15, 0.2) is 24.3 Å². The highest BCUT2D eigenvalue weighted by Gasteiger charge is 2.17. The summed E-state index contributed by atoms with van der Waals surface area (Å²) in [4.78, 5) is 11.9. The van der Waals surface area contributed by atoms with E-state index < -0.39 is 0 Å². The molecular weight excluding hydrogens is 274 g/mol. The molecule has 0 aliphatic carbocycles. The monoisotopic (exact) mass is 297 g/mol. The van der Waals surface area contributed by atoms with E-state index in [-0.39, 0.29) is 23.8 Å². The molecule has 2 unspecified atom stereocenters. The van der Waals surface area contributed by atoms with E-state index in [1.54, 1.807) is 11.8 Å². The fraction of sp³-hybridized carbons (Fsp3) is 0.533. The quantitative estimate of drug-likeness (QED) is 0.769. The number of amides is 1. The summed E-state index contributed by atoms with van der Waals surface area (Å²) in [7, 11) is 0. The summed E-state index contributed by atoms with van der Waals surface area (Å²) in [5.74, 6) is 0.780. The van der Waals surface area contributed by atoms with Crippen LogP contribution < -0.4 is 10.1 Å². The molecule has 0 radical (unpaired) electrons. The summed E-state index contributed by atoms with van der Waals surface area (Å²) in [6.07, 6.45) is 2.26. The van der Waals surface area contributed by atoms with Gasteiger partial charge in [-0.15, -0.1) is 0 Å². The lowest BCUT2D eigenvalue weighted by Crippen LogP contribution is -2.41. The number of thioether (sulfide) groups is 1. The molecule has 0 spiro atoms. The van der Waals surface area contributed by atoms with Gasteiger partial charge in [-0.3, -0.25) is 4.79 Å². The molecule has 0 aliphatic heterocycles. The predicted octanol–water partition coefficient (Wildman–Crippen LogP) is 1.86. The van der Waals surface area contributed by atoms with Crippen molar-refractivity contribution in [2.75, 3.05) is 19.5 Å². The minimum Gasteiger partial charge on any atom is -0.494 e. The van der Waals surface area contributed by atoms with Crippen molar-refractivity contribution in [1.82, 2.24) is 5.32 Å². The van der Waals surface area contributed by atoms with Crippen LogP contribution in [0.2, 0.25) is 0 Å². The molecule has 20 heavy (non-hydrogen) atoms. The van der Waals surface area contributed by atoms with E-state index in [1.807, 2.05) is 44.4 Å². The number of carbonyl (C=O) groups is 1. The summed E-state index contributed by atoms with van der Waals surface area (Å²) in [6, 6.07) is 7.48. The number of hydrogen-bond acceptors (Lipinski definition) is 4. The van der Waals surface area contributed by atoms with Gasteiger partial charge >= 0.3 is 0 Å². The zero-order valence-corrected chi connectivity index (χ0v) is 13.1. The van der Waals surface area contributed by atoms with E-state index in [0.717, 1.165) is 11.3 Å². The molecule has 0 saturated heterocycles. The van der Waals surface area contributed by atoms with Crippen molar-refractivity contribution in [3.05, 3.63) is 29.8 Å². The Morgan fingerprint density at radius 3 is 2.55 bits per heavy atom. The van der Waals surface area contributed by atoms with Gasteiger partial charge in [-0.2, -0.15) is 11.8 Å². The average Bonchev–Trinajstić information content (AvgIpc) is 2.42. The molecule has 0 fully saturated rings. The molecular formula is C15H23NO3S. The van der Waals surface area contributed by atoms with E-state index >= 15 is 0 Å². The largest absolute Gasteiger partial charge is 0.494 e. The average molecular weight is 297 g/mol. The van der Waals surface area contributed by atoms with E-state index in [1.165, 1.54) is 0 Å². The summed E-state index contributed by atoms with van der Waals surface area (Å²) in [5.41, 5.74) is 0.947. The highest BCUT2D eigenvalue weighted by molar-refractivity contribution is 7.99. The minimum absolute atomic E-state index is 0.0271. The Kier molecular flexibility index (Phi) is 7.47. The Bertz CT molecular complexity index is 404.